The van der Waals surface area contributed by atoms with Crippen molar-refractivity contribution in [2.24, 2.45) is 7.05 Å². The van der Waals surface area contributed by atoms with Crippen molar-refractivity contribution in [3.63, 3.8) is 0 Å². The number of aryl methyl sites for hydroxylation is 2. The Hall–Kier alpha value is -2.50. The second-order valence-electron chi connectivity index (χ2n) is 4.78. The second kappa shape index (κ2) is 6.30. The van der Waals surface area contributed by atoms with Crippen molar-refractivity contribution >= 4 is 11.7 Å². The maximum atomic E-state index is 12.0. The summed E-state index contributed by atoms with van der Waals surface area (Å²) in [6.45, 7) is 4.35. The molecule has 2 aromatic rings. The maximum Gasteiger partial charge on any atom is 0.319 e. The smallest absolute Gasteiger partial charge is 0.319 e. The summed E-state index contributed by atoms with van der Waals surface area (Å²) >= 11 is 0. The number of ether oxygens (including phenoxy) is 1. The van der Waals surface area contributed by atoms with E-state index >= 15 is 0 Å². The Bertz CT molecular complexity index is 649. The summed E-state index contributed by atoms with van der Waals surface area (Å²) in [5.74, 6) is 0.626. The van der Waals surface area contributed by atoms with E-state index in [1.54, 1.807) is 19.2 Å². The molecule has 0 aliphatic rings. The van der Waals surface area contributed by atoms with Crippen LogP contribution in [0.2, 0.25) is 0 Å². The van der Waals surface area contributed by atoms with E-state index < -0.39 is 0 Å². The van der Waals surface area contributed by atoms with Crippen molar-refractivity contribution in [1.29, 1.82) is 0 Å². The van der Waals surface area contributed by atoms with Crippen molar-refractivity contribution in [2.75, 3.05) is 12.4 Å². The molecular formula is C15H20N4O2. The number of methoxy groups -OCH3 is 1. The Morgan fingerprint density at radius 1 is 1.33 bits per heavy atom. The Kier molecular flexibility index (Phi) is 4.47. The van der Waals surface area contributed by atoms with Gasteiger partial charge in [0.05, 0.1) is 18.5 Å². The van der Waals surface area contributed by atoms with E-state index in [-0.39, 0.29) is 6.03 Å². The van der Waals surface area contributed by atoms with Crippen LogP contribution in [0.1, 0.15) is 17.0 Å². The van der Waals surface area contributed by atoms with Gasteiger partial charge in [-0.2, -0.15) is 5.10 Å². The van der Waals surface area contributed by atoms with Gasteiger partial charge in [0.1, 0.15) is 5.75 Å². The molecule has 1 heterocycles. The highest BCUT2D eigenvalue weighted by atomic mass is 16.5. The minimum Gasteiger partial charge on any atom is -0.495 e. The van der Waals surface area contributed by atoms with Crippen LogP contribution in [0, 0.1) is 13.8 Å². The van der Waals surface area contributed by atoms with Crippen LogP contribution in [0.4, 0.5) is 10.5 Å². The van der Waals surface area contributed by atoms with Crippen LogP contribution >= 0.6 is 0 Å². The largest absolute Gasteiger partial charge is 0.495 e. The normalized spacial score (nSPS) is 10.3. The quantitative estimate of drug-likeness (QED) is 0.907. The molecule has 2 N–H and O–H groups in total. The highest BCUT2D eigenvalue weighted by Gasteiger charge is 2.11. The van der Waals surface area contributed by atoms with E-state index in [9.17, 15) is 4.79 Å². The van der Waals surface area contributed by atoms with Gasteiger partial charge in [-0.15, -0.1) is 0 Å². The summed E-state index contributed by atoms with van der Waals surface area (Å²) in [6.07, 6.45) is 0. The number of urea groups is 1. The molecule has 0 aliphatic heterocycles. The van der Waals surface area contributed by atoms with Gasteiger partial charge < -0.3 is 15.4 Å². The minimum absolute atomic E-state index is 0.276. The highest BCUT2D eigenvalue weighted by Crippen LogP contribution is 2.22. The average Bonchev–Trinajstić information content (AvgIpc) is 2.71. The van der Waals surface area contributed by atoms with Gasteiger partial charge in [-0.25, -0.2) is 4.79 Å². The number of hydrogen-bond acceptors (Lipinski definition) is 3. The minimum atomic E-state index is -0.276. The molecule has 0 bridgehead atoms. The molecule has 6 heteroatoms. The first-order valence-corrected chi connectivity index (χ1v) is 6.70. The molecular weight excluding hydrogens is 268 g/mol. The first-order valence-electron chi connectivity index (χ1n) is 6.70. The third kappa shape index (κ3) is 3.34. The Morgan fingerprint density at radius 2 is 2.05 bits per heavy atom. The Labute approximate surface area is 124 Å². The number of carbonyl (C=O) groups excluding carboxylic acids is 1. The topological polar surface area (TPSA) is 68.2 Å². The Morgan fingerprint density at radius 3 is 2.67 bits per heavy atom. The summed E-state index contributed by atoms with van der Waals surface area (Å²) in [4.78, 5) is 12.0. The summed E-state index contributed by atoms with van der Waals surface area (Å²) in [5.41, 5.74) is 3.64. The molecule has 0 aliphatic carbocycles. The Balaban J connectivity index is 1.99. The van der Waals surface area contributed by atoms with Gasteiger partial charge in [0.2, 0.25) is 0 Å². The molecule has 2 amide bonds. The van der Waals surface area contributed by atoms with Gasteiger partial charge in [0.15, 0.2) is 0 Å². The zero-order chi connectivity index (χ0) is 15.4. The molecule has 6 nitrogen and oxygen atoms in total. The van der Waals surface area contributed by atoms with E-state index in [1.165, 1.54) is 0 Å². The number of amides is 2. The lowest BCUT2D eigenvalue weighted by molar-refractivity contribution is 0.251. The zero-order valence-corrected chi connectivity index (χ0v) is 12.7. The number of para-hydroxylation sites is 2. The van der Waals surface area contributed by atoms with Crippen LogP contribution in [0.25, 0.3) is 0 Å². The van der Waals surface area contributed by atoms with E-state index in [0.717, 1.165) is 17.0 Å². The highest BCUT2D eigenvalue weighted by molar-refractivity contribution is 5.90. The molecule has 0 fully saturated rings. The van der Waals surface area contributed by atoms with Crippen LogP contribution in [-0.4, -0.2) is 22.9 Å². The molecule has 1 aromatic carbocycles. The first kappa shape index (κ1) is 14.9. The second-order valence-corrected chi connectivity index (χ2v) is 4.78. The van der Waals surface area contributed by atoms with Crippen LogP contribution in [0.5, 0.6) is 5.75 Å². The fourth-order valence-corrected chi connectivity index (χ4v) is 2.16. The molecule has 0 spiro atoms. The summed E-state index contributed by atoms with van der Waals surface area (Å²) in [7, 11) is 3.46. The summed E-state index contributed by atoms with van der Waals surface area (Å²) in [6, 6.07) is 7.00. The molecule has 0 atom stereocenters. The van der Waals surface area contributed by atoms with Gasteiger partial charge in [0.25, 0.3) is 0 Å². The molecule has 0 saturated heterocycles. The predicted octanol–water partition coefficient (Wildman–Crippen LogP) is 2.37. The molecule has 21 heavy (non-hydrogen) atoms. The number of nitrogens with one attached hydrogen (secondary N) is 2. The number of hydrogen-bond donors (Lipinski definition) is 2. The van der Waals surface area contributed by atoms with Crippen molar-refractivity contribution < 1.29 is 9.53 Å². The number of rotatable bonds is 4. The van der Waals surface area contributed by atoms with Gasteiger partial charge in [0, 0.05) is 24.8 Å². The maximum absolute atomic E-state index is 12.0. The molecule has 1 aromatic heterocycles. The van der Waals surface area contributed by atoms with Gasteiger partial charge >= 0.3 is 6.03 Å². The van der Waals surface area contributed by atoms with Gasteiger partial charge in [-0.3, -0.25) is 4.68 Å². The fraction of sp³-hybridized carbons (Fsp3) is 0.333. The SMILES string of the molecule is COc1ccccc1NC(=O)NCc1c(C)nn(C)c1C. The number of benzene rings is 1. The third-order valence-electron chi connectivity index (χ3n) is 3.44. The van der Waals surface area contributed by atoms with Crippen molar-refractivity contribution in [2.45, 2.75) is 20.4 Å². The average molecular weight is 288 g/mol. The van der Waals surface area contributed by atoms with Crippen molar-refractivity contribution in [3.8, 4) is 5.75 Å². The summed E-state index contributed by atoms with van der Waals surface area (Å²) in [5, 5.41) is 9.93. The van der Waals surface area contributed by atoms with Gasteiger partial charge in [-0.05, 0) is 26.0 Å². The van der Waals surface area contributed by atoms with Crippen molar-refractivity contribution in [1.82, 2.24) is 15.1 Å². The van der Waals surface area contributed by atoms with E-state index in [4.69, 9.17) is 4.74 Å². The molecule has 0 saturated carbocycles. The number of aromatic nitrogens is 2. The van der Waals surface area contributed by atoms with E-state index in [0.29, 0.717) is 18.0 Å². The number of anilines is 1. The lowest BCUT2D eigenvalue weighted by Crippen LogP contribution is -2.28. The van der Waals surface area contributed by atoms with Gasteiger partial charge in [-0.1, -0.05) is 12.1 Å². The standard InChI is InChI=1S/C15H20N4O2/c1-10-12(11(2)19(3)18-10)9-16-15(20)17-13-7-5-6-8-14(13)21-4/h5-8H,9H2,1-4H3,(H2,16,17,20). The van der Waals surface area contributed by atoms with Crippen LogP contribution in [-0.2, 0) is 13.6 Å². The predicted molar refractivity (Wildman–Crippen MR) is 81.5 cm³/mol. The van der Waals surface area contributed by atoms with Crippen molar-refractivity contribution in [3.05, 3.63) is 41.2 Å². The molecule has 0 unspecified atom stereocenters. The lowest BCUT2D eigenvalue weighted by Gasteiger charge is -2.11. The van der Waals surface area contributed by atoms with E-state index in [2.05, 4.69) is 15.7 Å². The van der Waals surface area contributed by atoms with Crippen LogP contribution in [0.15, 0.2) is 24.3 Å². The van der Waals surface area contributed by atoms with Crippen LogP contribution < -0.4 is 15.4 Å². The zero-order valence-electron chi connectivity index (χ0n) is 12.7. The molecule has 0 radical (unpaired) electrons. The van der Waals surface area contributed by atoms with E-state index in [1.807, 2.05) is 37.7 Å². The van der Waals surface area contributed by atoms with Crippen LogP contribution in [0.3, 0.4) is 0 Å². The fourth-order valence-electron chi connectivity index (χ4n) is 2.16. The molecule has 2 rings (SSSR count). The monoisotopic (exact) mass is 288 g/mol. The number of carbonyl (C=O) groups is 1. The third-order valence-corrected chi connectivity index (χ3v) is 3.44. The lowest BCUT2D eigenvalue weighted by atomic mass is 10.2. The molecule has 112 valence electrons. The summed E-state index contributed by atoms with van der Waals surface area (Å²) < 4.78 is 7.00. The number of nitrogens with zero attached hydrogens (tertiary/aromatic N) is 2. The first-order chi connectivity index (χ1) is 10.0.